The first-order valence-electron chi connectivity index (χ1n) is 10.8. The fourth-order valence-electron chi connectivity index (χ4n) is 3.76. The minimum Gasteiger partial charge on any atom is -0.463 e. The molecule has 1 aromatic heterocycles. The molecule has 0 amide bonds. The first-order valence-corrected chi connectivity index (χ1v) is 10.8. The quantitative estimate of drug-likeness (QED) is 0.379. The van der Waals surface area contributed by atoms with E-state index in [1.807, 2.05) is 0 Å². The highest BCUT2D eigenvalue weighted by atomic mass is 19.3. The van der Waals surface area contributed by atoms with Crippen molar-refractivity contribution >= 4 is 17.9 Å². The van der Waals surface area contributed by atoms with Crippen LogP contribution in [0.25, 0.3) is 0 Å². The lowest BCUT2D eigenvalue weighted by molar-refractivity contribution is -0.166. The number of halogens is 2. The number of nitrogens with zero attached hydrogens (tertiary/aromatic N) is 2. The van der Waals surface area contributed by atoms with Crippen LogP contribution in [-0.4, -0.2) is 52.0 Å². The highest BCUT2D eigenvalue weighted by Gasteiger charge is 2.51. The molecule has 1 aliphatic rings. The van der Waals surface area contributed by atoms with Crippen molar-refractivity contribution in [2.45, 2.75) is 57.8 Å². The molecule has 0 saturated carbocycles. The summed E-state index contributed by atoms with van der Waals surface area (Å²) >= 11 is 0. The fraction of sp³-hybridized carbons (Fsp3) is 0.435. The van der Waals surface area contributed by atoms with E-state index in [2.05, 4.69) is 0 Å². The Labute approximate surface area is 203 Å². The van der Waals surface area contributed by atoms with Crippen LogP contribution in [0.2, 0.25) is 0 Å². The van der Waals surface area contributed by atoms with Crippen LogP contribution < -0.4 is 11.2 Å². The Morgan fingerprint density at radius 3 is 2.14 bits per heavy atom. The van der Waals surface area contributed by atoms with Gasteiger partial charge in [-0.25, -0.2) is 4.79 Å². The second-order valence-electron chi connectivity index (χ2n) is 8.02. The summed E-state index contributed by atoms with van der Waals surface area (Å²) in [4.78, 5) is 60.4. The Hall–Kier alpha value is -3.87. The molecule has 194 valence electrons. The first-order chi connectivity index (χ1) is 16.9. The maximum atomic E-state index is 14.9. The van der Waals surface area contributed by atoms with Crippen molar-refractivity contribution in [3.05, 3.63) is 69.0 Å². The van der Waals surface area contributed by atoms with Crippen LogP contribution >= 0.6 is 0 Å². The van der Waals surface area contributed by atoms with Gasteiger partial charge in [0.1, 0.15) is 12.7 Å². The van der Waals surface area contributed by atoms with Crippen LogP contribution in [0.15, 0.2) is 52.2 Å². The third kappa shape index (κ3) is 6.03. The molecule has 13 heteroatoms. The number of benzene rings is 1. The summed E-state index contributed by atoms with van der Waals surface area (Å²) in [6, 6.07) is 7.52. The molecule has 1 aromatic carbocycles. The Bertz CT molecular complexity index is 1240. The van der Waals surface area contributed by atoms with Crippen molar-refractivity contribution in [1.29, 1.82) is 0 Å². The Morgan fingerprint density at radius 2 is 1.56 bits per heavy atom. The van der Waals surface area contributed by atoms with Gasteiger partial charge in [0, 0.05) is 38.6 Å². The molecule has 0 radical (unpaired) electrons. The van der Waals surface area contributed by atoms with Crippen molar-refractivity contribution in [2.24, 2.45) is 0 Å². The number of rotatable bonds is 8. The summed E-state index contributed by atoms with van der Waals surface area (Å²) < 4.78 is 52.0. The predicted octanol–water partition coefficient (Wildman–Crippen LogP) is 1.13. The minimum atomic E-state index is -3.58. The zero-order valence-electron chi connectivity index (χ0n) is 19.6. The van der Waals surface area contributed by atoms with E-state index in [-0.39, 0.29) is 0 Å². The highest BCUT2D eigenvalue weighted by molar-refractivity contribution is 5.68. The molecule has 1 fully saturated rings. The summed E-state index contributed by atoms with van der Waals surface area (Å²) in [6.45, 7) is 1.57. The third-order valence-corrected chi connectivity index (χ3v) is 5.26. The van der Waals surface area contributed by atoms with E-state index in [0.29, 0.717) is 4.57 Å². The zero-order valence-corrected chi connectivity index (χ0v) is 19.6. The van der Waals surface area contributed by atoms with Crippen LogP contribution in [0.4, 0.5) is 8.78 Å². The summed E-state index contributed by atoms with van der Waals surface area (Å²) in [7, 11) is 0. The lowest BCUT2D eigenvalue weighted by Gasteiger charge is -2.24. The normalized spacial score (nSPS) is 21.6. The second kappa shape index (κ2) is 10.8. The van der Waals surface area contributed by atoms with Gasteiger partial charge in [0.2, 0.25) is 0 Å². The molecule has 2 aromatic rings. The van der Waals surface area contributed by atoms with Gasteiger partial charge in [0.15, 0.2) is 18.4 Å². The van der Waals surface area contributed by atoms with Crippen molar-refractivity contribution in [3.8, 4) is 0 Å². The van der Waals surface area contributed by atoms with Crippen molar-refractivity contribution < 1.29 is 42.1 Å². The van der Waals surface area contributed by atoms with Crippen molar-refractivity contribution in [3.63, 3.8) is 0 Å². The number of ether oxygens (including phenoxy) is 4. The monoisotopic (exact) mass is 510 g/mol. The van der Waals surface area contributed by atoms with E-state index in [9.17, 15) is 32.8 Å². The van der Waals surface area contributed by atoms with Crippen LogP contribution in [0.3, 0.4) is 0 Å². The largest absolute Gasteiger partial charge is 0.463 e. The number of aromatic nitrogens is 2. The van der Waals surface area contributed by atoms with Gasteiger partial charge in [-0.05, 0) is 0 Å². The molecule has 2 unspecified atom stereocenters. The van der Waals surface area contributed by atoms with Crippen molar-refractivity contribution in [2.75, 3.05) is 6.61 Å². The predicted molar refractivity (Wildman–Crippen MR) is 117 cm³/mol. The van der Waals surface area contributed by atoms with E-state index in [1.165, 1.54) is 12.1 Å². The number of carbonyl (C=O) groups excluding carboxylic acids is 3. The molecule has 3 rings (SSSR count). The van der Waals surface area contributed by atoms with Crippen LogP contribution in [0.5, 0.6) is 0 Å². The molecule has 4 atom stereocenters. The fourth-order valence-corrected chi connectivity index (χ4v) is 3.76. The smallest absolute Gasteiger partial charge is 0.333 e. The molecule has 0 N–H and O–H groups in total. The van der Waals surface area contributed by atoms with E-state index >= 15 is 0 Å². The van der Waals surface area contributed by atoms with Gasteiger partial charge in [-0.2, -0.15) is 8.78 Å². The summed E-state index contributed by atoms with van der Waals surface area (Å²) in [6.07, 6.45) is -4.42. The van der Waals surface area contributed by atoms with Crippen LogP contribution in [0.1, 0.15) is 32.6 Å². The van der Waals surface area contributed by atoms with Crippen LogP contribution in [0, 0.1) is 0 Å². The summed E-state index contributed by atoms with van der Waals surface area (Å²) in [5.41, 5.74) is -2.59. The Kier molecular flexibility index (Phi) is 8.03. The molecule has 0 bridgehead atoms. The molecular weight excluding hydrogens is 486 g/mol. The molecule has 1 saturated heterocycles. The van der Waals surface area contributed by atoms with Gasteiger partial charge in [-0.15, -0.1) is 0 Å². The van der Waals surface area contributed by atoms with E-state index < -0.39 is 78.3 Å². The molecular formula is C23H24F2N2O9. The Morgan fingerprint density at radius 1 is 0.944 bits per heavy atom. The number of hydrogen-bond donors (Lipinski definition) is 0. The number of hydrogen-bond acceptors (Lipinski definition) is 9. The lowest BCUT2D eigenvalue weighted by atomic mass is 10.1. The van der Waals surface area contributed by atoms with Gasteiger partial charge in [-0.3, -0.25) is 28.3 Å². The number of carbonyl (C=O) groups is 3. The maximum absolute atomic E-state index is 14.9. The topological polar surface area (TPSA) is 132 Å². The minimum absolute atomic E-state index is 0.321. The number of alkyl halides is 2. The maximum Gasteiger partial charge on any atom is 0.333 e. The third-order valence-electron chi connectivity index (χ3n) is 5.26. The van der Waals surface area contributed by atoms with E-state index in [4.69, 9.17) is 18.9 Å². The molecule has 1 aliphatic heterocycles. The van der Waals surface area contributed by atoms with Gasteiger partial charge in [-0.1, -0.05) is 30.3 Å². The lowest BCUT2D eigenvalue weighted by Crippen LogP contribution is -2.46. The molecule has 0 spiro atoms. The second-order valence-corrected chi connectivity index (χ2v) is 8.02. The van der Waals surface area contributed by atoms with E-state index in [0.717, 1.165) is 49.7 Å². The van der Waals surface area contributed by atoms with Gasteiger partial charge < -0.3 is 18.9 Å². The average Bonchev–Trinajstić information content (AvgIpc) is 3.11. The summed E-state index contributed by atoms with van der Waals surface area (Å²) in [5.74, 6) is -5.86. The SMILES string of the molecule is CC(=O)OC[C@H]1O[C@@H](n2ccc(=O)n(CC(F)(F)c3ccccc3)c2=O)C(OC(C)=O)C1OC(C)=O. The van der Waals surface area contributed by atoms with Gasteiger partial charge in [0.05, 0.1) is 6.54 Å². The average molecular weight is 510 g/mol. The zero-order chi connectivity index (χ0) is 26.6. The molecule has 2 heterocycles. The van der Waals surface area contributed by atoms with Crippen molar-refractivity contribution in [1.82, 2.24) is 9.13 Å². The number of esters is 3. The standard InChI is InChI=1S/C23H24F2N2O9/c1-13(28)33-11-17-19(34-14(2)29)20(35-15(3)30)21(36-17)26-10-9-18(31)27(22(26)32)12-23(24,25)16-7-5-4-6-8-16/h4-10,17,19-21H,11-12H2,1-3H3/t17-,19?,20?,21-/m1/s1. The summed E-state index contributed by atoms with van der Waals surface area (Å²) in [5, 5.41) is 0. The van der Waals surface area contributed by atoms with E-state index in [1.54, 1.807) is 6.07 Å². The highest BCUT2D eigenvalue weighted by Crippen LogP contribution is 2.34. The molecule has 0 aliphatic carbocycles. The first kappa shape index (κ1) is 26.7. The molecule has 36 heavy (non-hydrogen) atoms. The molecule has 11 nitrogen and oxygen atoms in total. The Balaban J connectivity index is 2.04. The van der Waals surface area contributed by atoms with Crippen LogP contribution in [-0.2, 0) is 45.8 Å². The van der Waals surface area contributed by atoms with Gasteiger partial charge in [0.25, 0.3) is 11.5 Å². The van der Waals surface area contributed by atoms with Gasteiger partial charge >= 0.3 is 23.6 Å².